The van der Waals surface area contributed by atoms with Gasteiger partial charge in [0.25, 0.3) is 11.8 Å². The zero-order valence-corrected chi connectivity index (χ0v) is 21.7. The maximum atomic E-state index is 13.6. The van der Waals surface area contributed by atoms with Crippen LogP contribution in [-0.4, -0.2) is 50.4 Å². The Kier molecular flexibility index (Phi) is 6.17. The van der Waals surface area contributed by atoms with Crippen LogP contribution in [0, 0.1) is 0 Å². The van der Waals surface area contributed by atoms with Gasteiger partial charge in [0.2, 0.25) is 20.7 Å². The van der Waals surface area contributed by atoms with Gasteiger partial charge in [-0.1, -0.05) is 48.0 Å². The number of benzene rings is 3. The number of halogens is 1. The van der Waals surface area contributed by atoms with E-state index in [9.17, 15) is 13.2 Å². The van der Waals surface area contributed by atoms with Gasteiger partial charge in [-0.2, -0.15) is 4.98 Å². The first-order valence-electron chi connectivity index (χ1n) is 12.0. The summed E-state index contributed by atoms with van der Waals surface area (Å²) >= 11 is 5.97. The Labute approximate surface area is 224 Å². The minimum absolute atomic E-state index is 0.0483. The second-order valence-corrected chi connectivity index (χ2v) is 11.2. The highest BCUT2D eigenvalue weighted by molar-refractivity contribution is 7.91. The molecule has 38 heavy (non-hydrogen) atoms. The van der Waals surface area contributed by atoms with E-state index in [0.717, 1.165) is 10.8 Å². The quantitative estimate of drug-likeness (QED) is 0.285. The molecule has 0 spiro atoms. The van der Waals surface area contributed by atoms with Crippen LogP contribution in [0.15, 0.2) is 104 Å². The minimum Gasteiger partial charge on any atom is -0.459 e. The van der Waals surface area contributed by atoms with E-state index >= 15 is 0 Å². The fourth-order valence-electron chi connectivity index (χ4n) is 4.60. The zero-order valence-electron chi connectivity index (χ0n) is 20.1. The molecule has 1 aliphatic rings. The van der Waals surface area contributed by atoms with Crippen molar-refractivity contribution >= 4 is 44.0 Å². The number of nitrogens with zero attached hydrogens (tertiary/aromatic N) is 3. The largest absolute Gasteiger partial charge is 0.459 e. The van der Waals surface area contributed by atoms with Crippen molar-refractivity contribution in [2.24, 2.45) is 0 Å². The third kappa shape index (κ3) is 4.33. The lowest BCUT2D eigenvalue weighted by molar-refractivity contribution is 0.0747. The predicted octanol–water partition coefficient (Wildman–Crippen LogP) is 5.54. The number of hydrogen-bond donors (Lipinski definition) is 0. The summed E-state index contributed by atoms with van der Waals surface area (Å²) < 4.78 is 38.6. The Morgan fingerprint density at radius 1 is 0.868 bits per heavy atom. The molecule has 0 bridgehead atoms. The molecule has 10 heteroatoms. The SMILES string of the molecule is O=C(c1cccc2ccccc12)N1CCN(c2oc(-c3ccco3)nc2S(=O)(=O)c2ccc(Cl)cc2)CC1. The maximum absolute atomic E-state index is 13.6. The van der Waals surface area contributed by atoms with Gasteiger partial charge in [0, 0.05) is 36.8 Å². The molecule has 3 heterocycles. The molecule has 6 rings (SSSR count). The molecule has 192 valence electrons. The highest BCUT2D eigenvalue weighted by Gasteiger charge is 2.34. The Morgan fingerprint density at radius 2 is 1.61 bits per heavy atom. The molecule has 0 radical (unpaired) electrons. The minimum atomic E-state index is -4.03. The van der Waals surface area contributed by atoms with Crippen molar-refractivity contribution in [2.45, 2.75) is 9.92 Å². The number of piperazine rings is 1. The first-order valence-corrected chi connectivity index (χ1v) is 13.9. The number of aromatic nitrogens is 1. The van der Waals surface area contributed by atoms with E-state index in [0.29, 0.717) is 42.5 Å². The molecule has 1 saturated heterocycles. The monoisotopic (exact) mass is 547 g/mol. The van der Waals surface area contributed by atoms with Gasteiger partial charge < -0.3 is 18.6 Å². The van der Waals surface area contributed by atoms with Gasteiger partial charge in [0.05, 0.1) is 11.2 Å². The van der Waals surface area contributed by atoms with Gasteiger partial charge in [0.15, 0.2) is 5.76 Å². The topological polar surface area (TPSA) is 96.9 Å². The number of furan rings is 1. The second kappa shape index (κ2) is 9.66. The van der Waals surface area contributed by atoms with Crippen molar-refractivity contribution < 1.29 is 22.0 Å². The lowest BCUT2D eigenvalue weighted by Crippen LogP contribution is -2.49. The van der Waals surface area contributed by atoms with Crippen molar-refractivity contribution in [1.82, 2.24) is 9.88 Å². The summed E-state index contributed by atoms with van der Waals surface area (Å²) in [6.45, 7) is 1.51. The average molecular weight is 548 g/mol. The third-order valence-corrected chi connectivity index (χ3v) is 8.48. The van der Waals surface area contributed by atoms with Crippen LogP contribution in [0.2, 0.25) is 5.02 Å². The highest BCUT2D eigenvalue weighted by atomic mass is 35.5. The van der Waals surface area contributed by atoms with Crippen molar-refractivity contribution in [3.63, 3.8) is 0 Å². The molecule has 5 aromatic rings. The average Bonchev–Trinajstić information content (AvgIpc) is 3.64. The second-order valence-electron chi connectivity index (χ2n) is 8.87. The smallest absolute Gasteiger partial charge is 0.266 e. The summed E-state index contributed by atoms with van der Waals surface area (Å²) in [5, 5.41) is 2.12. The number of carbonyl (C=O) groups excluding carboxylic acids is 1. The molecule has 0 atom stereocenters. The van der Waals surface area contributed by atoms with Crippen LogP contribution in [0.1, 0.15) is 10.4 Å². The van der Waals surface area contributed by atoms with Crippen molar-refractivity contribution in [1.29, 1.82) is 0 Å². The summed E-state index contributed by atoms with van der Waals surface area (Å²) in [6.07, 6.45) is 1.46. The molecular weight excluding hydrogens is 526 g/mol. The van der Waals surface area contributed by atoms with Crippen LogP contribution < -0.4 is 4.90 Å². The van der Waals surface area contributed by atoms with Gasteiger partial charge in [-0.3, -0.25) is 4.79 Å². The van der Waals surface area contributed by atoms with Crippen LogP contribution in [-0.2, 0) is 9.84 Å². The number of carbonyl (C=O) groups is 1. The normalized spacial score (nSPS) is 14.2. The van der Waals surface area contributed by atoms with E-state index in [2.05, 4.69) is 4.98 Å². The van der Waals surface area contributed by atoms with Gasteiger partial charge >= 0.3 is 0 Å². The van der Waals surface area contributed by atoms with Crippen molar-refractivity contribution in [2.75, 3.05) is 31.1 Å². The van der Waals surface area contributed by atoms with E-state index in [1.165, 1.54) is 30.5 Å². The van der Waals surface area contributed by atoms with Crippen LogP contribution in [0.25, 0.3) is 22.4 Å². The van der Waals surface area contributed by atoms with Gasteiger partial charge in [-0.15, -0.1) is 0 Å². The first kappa shape index (κ1) is 24.3. The summed E-state index contributed by atoms with van der Waals surface area (Å²) in [7, 11) is -4.03. The van der Waals surface area contributed by atoms with Crippen LogP contribution in [0.4, 0.5) is 5.88 Å². The fourth-order valence-corrected chi connectivity index (χ4v) is 6.05. The van der Waals surface area contributed by atoms with Crippen molar-refractivity contribution in [3.05, 3.63) is 95.7 Å². The van der Waals surface area contributed by atoms with E-state index < -0.39 is 9.84 Å². The number of hydrogen-bond acceptors (Lipinski definition) is 7. The Morgan fingerprint density at radius 3 is 2.34 bits per heavy atom. The van der Waals surface area contributed by atoms with Crippen LogP contribution >= 0.6 is 11.6 Å². The lowest BCUT2D eigenvalue weighted by Gasteiger charge is -2.35. The first-order chi connectivity index (χ1) is 18.4. The molecular formula is C28H22ClN3O5S. The summed E-state index contributed by atoms with van der Waals surface area (Å²) in [5.74, 6) is 0.424. The number of anilines is 1. The van der Waals surface area contributed by atoms with E-state index in [-0.39, 0.29) is 27.6 Å². The number of rotatable bonds is 5. The molecule has 3 aromatic carbocycles. The lowest BCUT2D eigenvalue weighted by atomic mass is 10.0. The number of fused-ring (bicyclic) bond motifs is 1. The number of sulfone groups is 1. The van der Waals surface area contributed by atoms with Crippen LogP contribution in [0.5, 0.6) is 0 Å². The predicted molar refractivity (Wildman–Crippen MR) is 143 cm³/mol. The highest BCUT2D eigenvalue weighted by Crippen LogP contribution is 2.35. The molecule has 2 aromatic heterocycles. The van der Waals surface area contributed by atoms with Gasteiger partial charge in [-0.25, -0.2) is 8.42 Å². The van der Waals surface area contributed by atoms with Gasteiger partial charge in [-0.05, 0) is 53.2 Å². The Bertz CT molecular complexity index is 1720. The third-order valence-electron chi connectivity index (χ3n) is 6.56. The van der Waals surface area contributed by atoms with Crippen LogP contribution in [0.3, 0.4) is 0 Å². The molecule has 8 nitrogen and oxygen atoms in total. The summed E-state index contributed by atoms with van der Waals surface area (Å²) in [6, 6.07) is 22.7. The van der Waals surface area contributed by atoms with Crippen molar-refractivity contribution in [3.8, 4) is 11.7 Å². The summed E-state index contributed by atoms with van der Waals surface area (Å²) in [5.41, 5.74) is 0.641. The Hall–Kier alpha value is -4.08. The van der Waals surface area contributed by atoms with E-state index in [4.69, 9.17) is 20.4 Å². The number of oxazole rings is 1. The summed E-state index contributed by atoms with van der Waals surface area (Å²) in [4.78, 5) is 21.4. The van der Waals surface area contributed by atoms with E-state index in [1.54, 1.807) is 21.9 Å². The molecule has 0 unspecified atom stereocenters. The molecule has 1 aliphatic heterocycles. The Balaban J connectivity index is 1.30. The fraction of sp³-hybridized carbons (Fsp3) is 0.143. The number of amides is 1. The molecule has 0 aliphatic carbocycles. The molecule has 0 saturated carbocycles. The molecule has 0 N–H and O–H groups in total. The van der Waals surface area contributed by atoms with Gasteiger partial charge in [0.1, 0.15) is 0 Å². The maximum Gasteiger partial charge on any atom is 0.266 e. The molecule has 1 amide bonds. The zero-order chi connectivity index (χ0) is 26.3. The standard InChI is InChI=1S/C28H22ClN3O5S/c29-20-10-12-21(13-11-20)38(34,35)26-28(37-25(30-26)24-9-4-18-36-24)32-16-14-31(15-17-32)27(33)23-8-3-6-19-5-1-2-7-22(19)23/h1-13,18H,14-17H2. The molecule has 1 fully saturated rings. The van der Waals surface area contributed by atoms with E-state index in [1.807, 2.05) is 42.5 Å².